The molecule has 4 nitrogen and oxygen atoms in total. The summed E-state index contributed by atoms with van der Waals surface area (Å²) in [6, 6.07) is 12.2. The topological polar surface area (TPSA) is 45.5 Å². The van der Waals surface area contributed by atoms with Crippen LogP contribution in [0.4, 0.5) is 0 Å². The zero-order chi connectivity index (χ0) is 15.5. The minimum atomic E-state index is -0.0508. The molecule has 1 fully saturated rings. The number of furan rings is 1. The molecule has 0 aliphatic carbocycles. The van der Waals surface area contributed by atoms with Gasteiger partial charge in [0.1, 0.15) is 5.76 Å². The van der Waals surface area contributed by atoms with Crippen LogP contribution in [0, 0.1) is 0 Å². The summed E-state index contributed by atoms with van der Waals surface area (Å²) in [7, 11) is 1.85. The van der Waals surface area contributed by atoms with Crippen LogP contribution in [0.2, 0.25) is 0 Å². The van der Waals surface area contributed by atoms with Crippen molar-refractivity contribution in [3.05, 3.63) is 47.7 Å². The monoisotopic (exact) mass is 298 g/mol. The molecule has 0 spiro atoms. The van der Waals surface area contributed by atoms with Crippen LogP contribution in [-0.2, 0) is 6.42 Å². The Labute approximate surface area is 131 Å². The number of nitrogens with zero attached hydrogens (tertiary/aromatic N) is 1. The van der Waals surface area contributed by atoms with Crippen molar-refractivity contribution >= 4 is 5.91 Å². The van der Waals surface area contributed by atoms with E-state index < -0.39 is 0 Å². The Morgan fingerprint density at radius 1 is 1.27 bits per heavy atom. The number of rotatable bonds is 4. The number of likely N-dealkylation sites (N-methyl/N-ethyl adjacent to an activating group) is 1. The molecule has 0 radical (unpaired) electrons. The van der Waals surface area contributed by atoms with E-state index in [0.717, 1.165) is 37.3 Å². The van der Waals surface area contributed by atoms with Crippen LogP contribution in [0.5, 0.6) is 0 Å². The summed E-state index contributed by atoms with van der Waals surface area (Å²) in [5, 5.41) is 3.28. The number of carbonyl (C=O) groups excluding carboxylic acids is 1. The number of carbonyl (C=O) groups is 1. The van der Waals surface area contributed by atoms with Crippen molar-refractivity contribution in [3.63, 3.8) is 0 Å². The molecule has 0 bridgehead atoms. The van der Waals surface area contributed by atoms with Crippen LogP contribution in [0.3, 0.4) is 0 Å². The van der Waals surface area contributed by atoms with Gasteiger partial charge in [-0.3, -0.25) is 4.79 Å². The molecule has 1 amide bonds. The van der Waals surface area contributed by atoms with Crippen LogP contribution in [0.1, 0.15) is 29.5 Å². The molecule has 1 unspecified atom stereocenters. The van der Waals surface area contributed by atoms with E-state index >= 15 is 0 Å². The Morgan fingerprint density at radius 3 is 2.68 bits per heavy atom. The first-order valence-corrected chi connectivity index (χ1v) is 7.86. The standard InChI is InChI=1S/C18H22N2O2/c1-3-13-4-6-14(7-5-13)16-8-9-17(22-16)18(21)20(2)15-10-11-19-12-15/h4-9,15,19H,3,10-12H2,1-2H3. The molecular formula is C18H22N2O2. The van der Waals surface area contributed by atoms with Gasteiger partial charge in [0.25, 0.3) is 5.91 Å². The lowest BCUT2D eigenvalue weighted by atomic mass is 10.1. The predicted molar refractivity (Wildman–Crippen MR) is 86.9 cm³/mol. The van der Waals surface area contributed by atoms with E-state index in [1.54, 1.807) is 11.0 Å². The second-order valence-electron chi connectivity index (χ2n) is 5.78. The number of amides is 1. The highest BCUT2D eigenvalue weighted by atomic mass is 16.4. The van der Waals surface area contributed by atoms with Gasteiger partial charge in [-0.1, -0.05) is 31.2 Å². The van der Waals surface area contributed by atoms with Gasteiger partial charge in [-0.25, -0.2) is 0 Å². The summed E-state index contributed by atoms with van der Waals surface area (Å²) < 4.78 is 5.77. The van der Waals surface area contributed by atoms with E-state index in [2.05, 4.69) is 24.4 Å². The average molecular weight is 298 g/mol. The summed E-state index contributed by atoms with van der Waals surface area (Å²) in [6.45, 7) is 3.95. The average Bonchev–Trinajstić information content (AvgIpc) is 3.25. The van der Waals surface area contributed by atoms with Crippen LogP contribution < -0.4 is 5.32 Å². The highest BCUT2D eigenvalue weighted by molar-refractivity contribution is 5.92. The molecule has 4 heteroatoms. The Kier molecular flexibility index (Phi) is 4.29. The highest BCUT2D eigenvalue weighted by Gasteiger charge is 2.25. The van der Waals surface area contributed by atoms with Crippen LogP contribution in [-0.4, -0.2) is 37.0 Å². The van der Waals surface area contributed by atoms with Crippen molar-refractivity contribution < 1.29 is 9.21 Å². The Morgan fingerprint density at radius 2 is 2.05 bits per heavy atom. The van der Waals surface area contributed by atoms with E-state index in [-0.39, 0.29) is 11.9 Å². The fourth-order valence-corrected chi connectivity index (χ4v) is 2.82. The van der Waals surface area contributed by atoms with Crippen molar-refractivity contribution in [1.82, 2.24) is 10.2 Å². The molecule has 2 aromatic rings. The second-order valence-corrected chi connectivity index (χ2v) is 5.78. The van der Waals surface area contributed by atoms with Gasteiger partial charge in [0, 0.05) is 25.2 Å². The van der Waals surface area contributed by atoms with Crippen molar-refractivity contribution in [2.75, 3.05) is 20.1 Å². The van der Waals surface area contributed by atoms with Crippen LogP contribution >= 0.6 is 0 Å². The van der Waals surface area contributed by atoms with Crippen molar-refractivity contribution in [3.8, 4) is 11.3 Å². The fraction of sp³-hybridized carbons (Fsp3) is 0.389. The van der Waals surface area contributed by atoms with Gasteiger partial charge in [0.2, 0.25) is 0 Å². The third-order valence-electron chi connectivity index (χ3n) is 4.37. The van der Waals surface area contributed by atoms with Crippen molar-refractivity contribution in [1.29, 1.82) is 0 Å². The number of hydrogen-bond acceptors (Lipinski definition) is 3. The number of aryl methyl sites for hydroxylation is 1. The van der Waals surface area contributed by atoms with Crippen LogP contribution in [0.25, 0.3) is 11.3 Å². The van der Waals surface area contributed by atoms with E-state index in [0.29, 0.717) is 5.76 Å². The van der Waals surface area contributed by atoms with E-state index in [9.17, 15) is 4.79 Å². The Balaban J connectivity index is 1.76. The van der Waals surface area contributed by atoms with Gasteiger partial charge in [0.05, 0.1) is 0 Å². The molecule has 1 aromatic heterocycles. The highest BCUT2D eigenvalue weighted by Crippen LogP contribution is 2.24. The van der Waals surface area contributed by atoms with E-state index in [4.69, 9.17) is 4.42 Å². The smallest absolute Gasteiger partial charge is 0.289 e. The first-order chi connectivity index (χ1) is 10.7. The second kappa shape index (κ2) is 6.36. The maximum Gasteiger partial charge on any atom is 0.289 e. The molecule has 1 saturated heterocycles. The summed E-state index contributed by atoms with van der Waals surface area (Å²) in [5.41, 5.74) is 2.29. The first-order valence-electron chi connectivity index (χ1n) is 7.86. The number of hydrogen-bond donors (Lipinski definition) is 1. The summed E-state index contributed by atoms with van der Waals surface area (Å²) in [4.78, 5) is 14.3. The Hall–Kier alpha value is -2.07. The first kappa shape index (κ1) is 14.9. The third kappa shape index (κ3) is 2.92. The number of nitrogens with one attached hydrogen (secondary N) is 1. The van der Waals surface area contributed by atoms with Crippen molar-refractivity contribution in [2.45, 2.75) is 25.8 Å². The molecule has 0 saturated carbocycles. The maximum absolute atomic E-state index is 12.5. The van der Waals surface area contributed by atoms with Gasteiger partial charge >= 0.3 is 0 Å². The molecule has 1 aliphatic rings. The zero-order valence-corrected chi connectivity index (χ0v) is 13.1. The Bertz CT molecular complexity index is 639. The molecule has 2 heterocycles. The molecule has 1 N–H and O–H groups in total. The van der Waals surface area contributed by atoms with Crippen LogP contribution in [0.15, 0.2) is 40.8 Å². The van der Waals surface area contributed by atoms with Gasteiger partial charge < -0.3 is 14.6 Å². The number of benzene rings is 1. The van der Waals surface area contributed by atoms with Gasteiger partial charge in [-0.15, -0.1) is 0 Å². The van der Waals surface area contributed by atoms with Crippen molar-refractivity contribution in [2.24, 2.45) is 0 Å². The molecule has 116 valence electrons. The summed E-state index contributed by atoms with van der Waals surface area (Å²) in [6.07, 6.45) is 2.01. The van der Waals surface area contributed by atoms with Gasteiger partial charge in [0.15, 0.2) is 5.76 Å². The van der Waals surface area contributed by atoms with E-state index in [1.165, 1.54) is 5.56 Å². The van der Waals surface area contributed by atoms with Gasteiger partial charge in [-0.2, -0.15) is 0 Å². The summed E-state index contributed by atoms with van der Waals surface area (Å²) in [5.74, 6) is 1.10. The fourth-order valence-electron chi connectivity index (χ4n) is 2.82. The molecule has 1 aromatic carbocycles. The lowest BCUT2D eigenvalue weighted by molar-refractivity contribution is 0.0712. The predicted octanol–water partition coefficient (Wildman–Crippen LogP) is 2.94. The zero-order valence-electron chi connectivity index (χ0n) is 13.1. The largest absolute Gasteiger partial charge is 0.451 e. The molecule has 1 aliphatic heterocycles. The molecule has 3 rings (SSSR count). The maximum atomic E-state index is 12.5. The molecule has 1 atom stereocenters. The van der Waals surface area contributed by atoms with E-state index in [1.807, 2.05) is 25.2 Å². The third-order valence-corrected chi connectivity index (χ3v) is 4.37. The lowest BCUT2D eigenvalue weighted by Gasteiger charge is -2.22. The quantitative estimate of drug-likeness (QED) is 0.944. The minimum absolute atomic E-state index is 0.0508. The normalized spacial score (nSPS) is 17.6. The van der Waals surface area contributed by atoms with Gasteiger partial charge in [-0.05, 0) is 37.1 Å². The molecular weight excluding hydrogens is 276 g/mol. The lowest BCUT2D eigenvalue weighted by Crippen LogP contribution is -2.38. The molecule has 22 heavy (non-hydrogen) atoms. The summed E-state index contributed by atoms with van der Waals surface area (Å²) >= 11 is 0. The minimum Gasteiger partial charge on any atom is -0.451 e. The SMILES string of the molecule is CCc1ccc(-c2ccc(C(=O)N(C)C3CCNC3)o2)cc1.